The van der Waals surface area contributed by atoms with Crippen LogP contribution in [0.3, 0.4) is 0 Å². The molecule has 0 bridgehead atoms. The van der Waals surface area contributed by atoms with Crippen LogP contribution in [-0.2, 0) is 4.74 Å². The lowest BCUT2D eigenvalue weighted by molar-refractivity contribution is 0.0816. The third kappa shape index (κ3) is 4.45. The molecular weight excluding hydrogens is 261 g/mol. The third-order valence-corrected chi connectivity index (χ3v) is 2.63. The predicted octanol–water partition coefficient (Wildman–Crippen LogP) is 2.20. The number of anilines is 1. The molecule has 1 amide bonds. The minimum absolute atomic E-state index is 0.0252. The predicted molar refractivity (Wildman–Crippen MR) is 76.4 cm³/mol. The summed E-state index contributed by atoms with van der Waals surface area (Å²) >= 11 is 0. The van der Waals surface area contributed by atoms with Crippen molar-refractivity contribution in [1.82, 2.24) is 10.3 Å². The number of hydrogen-bond donors (Lipinski definition) is 2. The standard InChI is InChI=1S/C14H22FN3O2/c1-5-7-16-12-11(15)10(6-8-17-12)13(19)18-14(2,3)9-20-4/h6,8H,5,7,9H2,1-4H3,(H,16,17)(H,18,19). The first-order valence-corrected chi connectivity index (χ1v) is 6.61. The zero-order chi connectivity index (χ0) is 15.2. The van der Waals surface area contributed by atoms with Gasteiger partial charge < -0.3 is 15.4 Å². The monoisotopic (exact) mass is 283 g/mol. The molecule has 20 heavy (non-hydrogen) atoms. The van der Waals surface area contributed by atoms with Gasteiger partial charge in [0, 0.05) is 19.9 Å². The topological polar surface area (TPSA) is 63.2 Å². The van der Waals surface area contributed by atoms with Crippen molar-refractivity contribution in [3.8, 4) is 0 Å². The number of methoxy groups -OCH3 is 1. The molecule has 1 heterocycles. The minimum Gasteiger partial charge on any atom is -0.382 e. The van der Waals surface area contributed by atoms with E-state index in [4.69, 9.17) is 4.74 Å². The van der Waals surface area contributed by atoms with Crippen molar-refractivity contribution in [3.63, 3.8) is 0 Å². The highest BCUT2D eigenvalue weighted by molar-refractivity contribution is 5.95. The van der Waals surface area contributed by atoms with Crippen LogP contribution in [0.4, 0.5) is 10.2 Å². The zero-order valence-electron chi connectivity index (χ0n) is 12.4. The number of aromatic nitrogens is 1. The molecule has 0 atom stereocenters. The molecule has 1 rings (SSSR count). The minimum atomic E-state index is -0.633. The maximum atomic E-state index is 14.2. The van der Waals surface area contributed by atoms with Crippen molar-refractivity contribution in [1.29, 1.82) is 0 Å². The molecule has 1 aromatic heterocycles. The number of ether oxygens (including phenoxy) is 1. The van der Waals surface area contributed by atoms with Gasteiger partial charge >= 0.3 is 0 Å². The summed E-state index contributed by atoms with van der Waals surface area (Å²) in [4.78, 5) is 16.0. The average Bonchev–Trinajstić information content (AvgIpc) is 2.36. The number of nitrogens with zero attached hydrogens (tertiary/aromatic N) is 1. The molecule has 0 radical (unpaired) electrons. The van der Waals surface area contributed by atoms with E-state index in [1.54, 1.807) is 7.11 Å². The molecule has 0 saturated carbocycles. The van der Waals surface area contributed by atoms with Crippen molar-refractivity contribution < 1.29 is 13.9 Å². The Balaban J connectivity index is 2.88. The second kappa shape index (κ2) is 7.19. The lowest BCUT2D eigenvalue weighted by Gasteiger charge is -2.25. The molecule has 0 fully saturated rings. The molecule has 5 nitrogen and oxygen atoms in total. The number of nitrogens with one attached hydrogen (secondary N) is 2. The van der Waals surface area contributed by atoms with Gasteiger partial charge in [0.05, 0.1) is 17.7 Å². The quantitative estimate of drug-likeness (QED) is 0.805. The largest absolute Gasteiger partial charge is 0.382 e. The van der Waals surface area contributed by atoms with Crippen molar-refractivity contribution in [2.45, 2.75) is 32.7 Å². The van der Waals surface area contributed by atoms with Crippen molar-refractivity contribution in [3.05, 3.63) is 23.6 Å². The highest BCUT2D eigenvalue weighted by Gasteiger charge is 2.23. The van der Waals surface area contributed by atoms with Crippen molar-refractivity contribution in [2.24, 2.45) is 0 Å². The van der Waals surface area contributed by atoms with E-state index >= 15 is 0 Å². The van der Waals surface area contributed by atoms with Gasteiger partial charge in [-0.05, 0) is 26.3 Å². The molecule has 6 heteroatoms. The molecule has 0 unspecified atom stereocenters. The lowest BCUT2D eigenvalue weighted by Crippen LogP contribution is -2.47. The Morgan fingerprint density at radius 1 is 1.50 bits per heavy atom. The van der Waals surface area contributed by atoms with Gasteiger partial charge in [-0.25, -0.2) is 9.37 Å². The summed E-state index contributed by atoms with van der Waals surface area (Å²) in [5.41, 5.74) is -0.596. The summed E-state index contributed by atoms with van der Waals surface area (Å²) in [5.74, 6) is -1.01. The lowest BCUT2D eigenvalue weighted by atomic mass is 10.1. The Bertz CT molecular complexity index is 464. The fourth-order valence-corrected chi connectivity index (χ4v) is 1.76. The van der Waals surface area contributed by atoms with E-state index in [1.165, 1.54) is 12.3 Å². The summed E-state index contributed by atoms with van der Waals surface area (Å²) < 4.78 is 19.2. The van der Waals surface area contributed by atoms with Crippen LogP contribution in [0, 0.1) is 5.82 Å². The van der Waals surface area contributed by atoms with Gasteiger partial charge in [-0.2, -0.15) is 0 Å². The molecule has 0 aliphatic rings. The molecule has 1 aromatic rings. The second-order valence-electron chi connectivity index (χ2n) is 5.22. The molecule has 0 spiro atoms. The van der Waals surface area contributed by atoms with E-state index in [0.717, 1.165) is 6.42 Å². The zero-order valence-corrected chi connectivity index (χ0v) is 12.4. The van der Waals surface area contributed by atoms with E-state index in [1.807, 2.05) is 20.8 Å². The second-order valence-corrected chi connectivity index (χ2v) is 5.22. The maximum absolute atomic E-state index is 14.2. The van der Waals surface area contributed by atoms with Crippen LogP contribution in [0.1, 0.15) is 37.6 Å². The summed E-state index contributed by atoms with van der Waals surface area (Å²) in [6.07, 6.45) is 2.26. The van der Waals surface area contributed by atoms with Crippen LogP contribution in [0.15, 0.2) is 12.3 Å². The van der Waals surface area contributed by atoms with Crippen LogP contribution in [-0.4, -0.2) is 36.7 Å². The molecule has 0 aromatic carbocycles. The van der Waals surface area contributed by atoms with E-state index in [2.05, 4.69) is 15.6 Å². The molecule has 0 aliphatic carbocycles. The van der Waals surface area contributed by atoms with Gasteiger partial charge in [-0.3, -0.25) is 4.79 Å². The number of carbonyl (C=O) groups excluding carboxylic acids is 1. The van der Waals surface area contributed by atoms with Crippen LogP contribution in [0.2, 0.25) is 0 Å². The van der Waals surface area contributed by atoms with Crippen LogP contribution >= 0.6 is 0 Å². The Labute approximate surface area is 118 Å². The summed E-state index contributed by atoms with van der Waals surface area (Å²) in [6, 6.07) is 1.37. The fraction of sp³-hybridized carbons (Fsp3) is 0.571. The van der Waals surface area contributed by atoms with Crippen molar-refractivity contribution in [2.75, 3.05) is 25.6 Å². The first-order chi connectivity index (χ1) is 9.41. The van der Waals surface area contributed by atoms with Gasteiger partial charge in [-0.1, -0.05) is 6.92 Å². The number of amides is 1. The van der Waals surface area contributed by atoms with Gasteiger partial charge in [0.15, 0.2) is 11.6 Å². The van der Waals surface area contributed by atoms with Gasteiger partial charge in [-0.15, -0.1) is 0 Å². The van der Waals surface area contributed by atoms with E-state index in [0.29, 0.717) is 13.2 Å². The van der Waals surface area contributed by atoms with Gasteiger partial charge in [0.25, 0.3) is 5.91 Å². The first-order valence-electron chi connectivity index (χ1n) is 6.61. The fourth-order valence-electron chi connectivity index (χ4n) is 1.76. The Morgan fingerprint density at radius 2 is 2.20 bits per heavy atom. The van der Waals surface area contributed by atoms with E-state index < -0.39 is 17.3 Å². The normalized spacial score (nSPS) is 11.2. The van der Waals surface area contributed by atoms with E-state index in [-0.39, 0.29) is 11.4 Å². The Hall–Kier alpha value is -1.69. The maximum Gasteiger partial charge on any atom is 0.254 e. The summed E-state index contributed by atoms with van der Waals surface area (Å²) in [5, 5.41) is 5.59. The van der Waals surface area contributed by atoms with E-state index in [9.17, 15) is 9.18 Å². The number of carbonyl (C=O) groups is 1. The molecular formula is C14H22FN3O2. The molecule has 0 saturated heterocycles. The van der Waals surface area contributed by atoms with Crippen LogP contribution < -0.4 is 10.6 Å². The van der Waals surface area contributed by atoms with Gasteiger partial charge in [0.1, 0.15) is 0 Å². The smallest absolute Gasteiger partial charge is 0.254 e. The number of pyridine rings is 1. The Kier molecular flexibility index (Phi) is 5.88. The number of halogens is 1. The average molecular weight is 283 g/mol. The van der Waals surface area contributed by atoms with Crippen LogP contribution in [0.25, 0.3) is 0 Å². The molecule has 112 valence electrons. The summed E-state index contributed by atoms with van der Waals surface area (Å²) in [6.45, 7) is 6.53. The molecule has 0 aliphatic heterocycles. The molecule has 2 N–H and O–H groups in total. The van der Waals surface area contributed by atoms with Crippen LogP contribution in [0.5, 0.6) is 0 Å². The van der Waals surface area contributed by atoms with Gasteiger partial charge in [0.2, 0.25) is 0 Å². The number of rotatable bonds is 7. The summed E-state index contributed by atoms with van der Waals surface area (Å²) in [7, 11) is 1.55. The Morgan fingerprint density at radius 3 is 2.80 bits per heavy atom. The highest BCUT2D eigenvalue weighted by atomic mass is 19.1. The highest BCUT2D eigenvalue weighted by Crippen LogP contribution is 2.16. The first kappa shape index (κ1) is 16.4. The third-order valence-electron chi connectivity index (χ3n) is 2.63. The van der Waals surface area contributed by atoms with Crippen molar-refractivity contribution >= 4 is 11.7 Å². The number of hydrogen-bond acceptors (Lipinski definition) is 4. The SMILES string of the molecule is CCCNc1nccc(C(=O)NC(C)(C)COC)c1F.